The lowest BCUT2D eigenvalue weighted by Crippen LogP contribution is -2.20. The third kappa shape index (κ3) is 2.35. The third-order valence-corrected chi connectivity index (χ3v) is 5.98. The summed E-state index contributed by atoms with van der Waals surface area (Å²) in [6, 6.07) is 0. The van der Waals surface area contributed by atoms with Crippen LogP contribution in [0.3, 0.4) is 0 Å². The fourth-order valence-corrected chi connectivity index (χ4v) is 3.78. The average molecular weight is 354 g/mol. The Kier molecular flexibility index (Phi) is 3.65. The molecule has 82 valence electrons. The lowest BCUT2D eigenvalue weighted by molar-refractivity contribution is 0.0436. The van der Waals surface area contributed by atoms with Crippen LogP contribution in [-0.4, -0.2) is 18.0 Å². The molecule has 0 bridgehead atoms. The number of hydrogen-bond donors (Lipinski definition) is 0. The number of carbonyl (C=O) groups excluding carboxylic acids is 1. The first-order valence-electron chi connectivity index (χ1n) is 4.71. The second kappa shape index (κ2) is 4.65. The van der Waals surface area contributed by atoms with Gasteiger partial charge in [-0.1, -0.05) is 0 Å². The molecular weight excluding hydrogens is 344 g/mol. The van der Waals surface area contributed by atoms with Crippen molar-refractivity contribution in [3.05, 3.63) is 19.2 Å². The van der Waals surface area contributed by atoms with Crippen molar-refractivity contribution >= 4 is 49.0 Å². The summed E-state index contributed by atoms with van der Waals surface area (Å²) in [6.07, 6.45) is 1.77. The van der Waals surface area contributed by atoms with Crippen molar-refractivity contribution in [2.24, 2.45) is 0 Å². The summed E-state index contributed by atoms with van der Waals surface area (Å²) in [7, 11) is 0. The van der Waals surface area contributed by atoms with Crippen LogP contribution in [0.25, 0.3) is 0 Å². The maximum Gasteiger partial charge on any atom is 0.202 e. The van der Waals surface area contributed by atoms with Crippen molar-refractivity contribution in [1.29, 1.82) is 0 Å². The van der Waals surface area contributed by atoms with Gasteiger partial charge in [0.1, 0.15) is 6.10 Å². The number of carbonyl (C=O) groups is 1. The molecule has 1 fully saturated rings. The van der Waals surface area contributed by atoms with Gasteiger partial charge in [0.2, 0.25) is 5.78 Å². The minimum absolute atomic E-state index is 0.0990. The van der Waals surface area contributed by atoms with Gasteiger partial charge in [0.25, 0.3) is 0 Å². The molecule has 0 aliphatic carbocycles. The van der Waals surface area contributed by atoms with Crippen LogP contribution in [0.4, 0.5) is 0 Å². The van der Waals surface area contributed by atoms with Gasteiger partial charge in [-0.3, -0.25) is 4.79 Å². The summed E-state index contributed by atoms with van der Waals surface area (Å²) in [4.78, 5) is 12.8. The van der Waals surface area contributed by atoms with E-state index in [0.717, 1.165) is 26.7 Å². The van der Waals surface area contributed by atoms with Crippen molar-refractivity contribution in [2.75, 3.05) is 0 Å². The fourth-order valence-electron chi connectivity index (χ4n) is 1.63. The average Bonchev–Trinajstić information content (AvgIpc) is 2.75. The summed E-state index contributed by atoms with van der Waals surface area (Å²) >= 11 is 8.22. The molecule has 0 radical (unpaired) electrons. The van der Waals surface area contributed by atoms with Crippen molar-refractivity contribution in [3.8, 4) is 0 Å². The fraction of sp³-hybridized carbons (Fsp3) is 0.500. The largest absolute Gasteiger partial charge is 0.367 e. The van der Waals surface area contributed by atoms with E-state index >= 15 is 0 Å². The highest BCUT2D eigenvalue weighted by molar-refractivity contribution is 9.13. The molecule has 2 atom stereocenters. The molecular formula is C10H10Br2O2S. The number of thiophene rings is 1. The topological polar surface area (TPSA) is 26.3 Å². The van der Waals surface area contributed by atoms with E-state index in [2.05, 4.69) is 31.9 Å². The van der Waals surface area contributed by atoms with E-state index in [0.29, 0.717) is 0 Å². The number of ether oxygens (including phenoxy) is 1. The first-order chi connectivity index (χ1) is 7.09. The number of halogens is 2. The number of Topliss-reactive ketones (excluding diaryl/α,β-unsaturated/α-hetero) is 1. The molecule has 2 rings (SSSR count). The summed E-state index contributed by atoms with van der Waals surface area (Å²) < 4.78 is 7.34. The Morgan fingerprint density at radius 3 is 2.73 bits per heavy atom. The summed E-state index contributed by atoms with van der Waals surface area (Å²) in [5, 5.41) is 1.91. The van der Waals surface area contributed by atoms with Crippen molar-refractivity contribution in [3.63, 3.8) is 0 Å². The molecule has 15 heavy (non-hydrogen) atoms. The van der Waals surface area contributed by atoms with Crippen molar-refractivity contribution < 1.29 is 9.53 Å². The maximum absolute atomic E-state index is 12.1. The Labute approximate surface area is 109 Å². The van der Waals surface area contributed by atoms with Gasteiger partial charge in [-0.15, -0.1) is 11.3 Å². The highest BCUT2D eigenvalue weighted by atomic mass is 79.9. The highest BCUT2D eigenvalue weighted by Crippen LogP contribution is 2.35. The van der Waals surface area contributed by atoms with E-state index in [1.165, 1.54) is 11.3 Å². The summed E-state index contributed by atoms with van der Waals surface area (Å²) in [5.41, 5.74) is 0. The Morgan fingerprint density at radius 2 is 2.27 bits per heavy atom. The molecule has 0 N–H and O–H groups in total. The smallest absolute Gasteiger partial charge is 0.202 e. The molecule has 1 aromatic rings. The monoisotopic (exact) mass is 352 g/mol. The van der Waals surface area contributed by atoms with Crippen LogP contribution in [0.15, 0.2) is 14.3 Å². The molecule has 1 aromatic heterocycles. The lowest BCUT2D eigenvalue weighted by Gasteiger charge is -2.08. The first-order valence-corrected chi connectivity index (χ1v) is 7.18. The zero-order chi connectivity index (χ0) is 11.0. The number of rotatable bonds is 2. The van der Waals surface area contributed by atoms with Gasteiger partial charge in [0, 0.05) is 9.85 Å². The minimum Gasteiger partial charge on any atom is -0.367 e. The molecule has 2 heterocycles. The van der Waals surface area contributed by atoms with E-state index in [1.54, 1.807) is 0 Å². The molecule has 1 saturated heterocycles. The Bertz CT molecular complexity index is 389. The SMILES string of the molecule is CC1CCC(C(=O)c2scc(Br)c2Br)O1. The second-order valence-corrected chi connectivity index (χ2v) is 6.13. The Hall–Kier alpha value is 0.290. The number of hydrogen-bond acceptors (Lipinski definition) is 3. The van der Waals surface area contributed by atoms with Gasteiger partial charge < -0.3 is 4.74 Å². The van der Waals surface area contributed by atoms with Crippen LogP contribution in [0.2, 0.25) is 0 Å². The third-order valence-electron chi connectivity index (χ3n) is 2.44. The van der Waals surface area contributed by atoms with Crippen LogP contribution in [0.5, 0.6) is 0 Å². The molecule has 0 amide bonds. The molecule has 0 spiro atoms. The van der Waals surface area contributed by atoms with E-state index in [-0.39, 0.29) is 18.0 Å². The van der Waals surface area contributed by atoms with Crippen LogP contribution in [0.1, 0.15) is 29.4 Å². The van der Waals surface area contributed by atoms with Gasteiger partial charge in [0.15, 0.2) is 0 Å². The molecule has 5 heteroatoms. The Morgan fingerprint density at radius 1 is 1.53 bits per heavy atom. The normalized spacial score (nSPS) is 25.8. The first kappa shape index (κ1) is 11.8. The molecule has 1 aliphatic rings. The van der Waals surface area contributed by atoms with E-state index in [4.69, 9.17) is 4.74 Å². The Balaban J connectivity index is 2.18. The maximum atomic E-state index is 12.1. The summed E-state index contributed by atoms with van der Waals surface area (Å²) in [5.74, 6) is 0.0990. The predicted molar refractivity (Wildman–Crippen MR) is 67.6 cm³/mol. The molecule has 1 aliphatic heterocycles. The van der Waals surface area contributed by atoms with Crippen LogP contribution < -0.4 is 0 Å². The molecule has 0 saturated carbocycles. The standard InChI is InChI=1S/C10H10Br2O2S/c1-5-2-3-7(14-5)9(13)10-8(12)6(11)4-15-10/h4-5,7H,2-3H2,1H3. The zero-order valence-corrected chi connectivity index (χ0v) is 12.1. The van der Waals surface area contributed by atoms with Crippen LogP contribution in [-0.2, 0) is 4.74 Å². The number of ketones is 1. The quantitative estimate of drug-likeness (QED) is 0.750. The minimum atomic E-state index is -0.248. The van der Waals surface area contributed by atoms with Gasteiger partial charge in [0.05, 0.1) is 15.5 Å². The molecule has 0 aromatic carbocycles. The van der Waals surface area contributed by atoms with Crippen LogP contribution in [0, 0.1) is 0 Å². The lowest BCUT2D eigenvalue weighted by atomic mass is 10.1. The van der Waals surface area contributed by atoms with Crippen molar-refractivity contribution in [2.45, 2.75) is 32.0 Å². The van der Waals surface area contributed by atoms with E-state index < -0.39 is 0 Å². The van der Waals surface area contributed by atoms with Gasteiger partial charge in [-0.05, 0) is 51.6 Å². The molecule has 2 unspecified atom stereocenters. The zero-order valence-electron chi connectivity index (χ0n) is 8.13. The van der Waals surface area contributed by atoms with E-state index in [9.17, 15) is 4.79 Å². The van der Waals surface area contributed by atoms with Crippen LogP contribution >= 0.6 is 43.2 Å². The molecule has 2 nitrogen and oxygen atoms in total. The van der Waals surface area contributed by atoms with E-state index in [1.807, 2.05) is 12.3 Å². The van der Waals surface area contributed by atoms with Crippen molar-refractivity contribution in [1.82, 2.24) is 0 Å². The highest BCUT2D eigenvalue weighted by Gasteiger charge is 2.31. The predicted octanol–water partition coefficient (Wildman–Crippen LogP) is 4.02. The van der Waals surface area contributed by atoms with Gasteiger partial charge in [-0.2, -0.15) is 0 Å². The van der Waals surface area contributed by atoms with Gasteiger partial charge >= 0.3 is 0 Å². The second-order valence-electron chi connectivity index (χ2n) is 3.60. The van der Waals surface area contributed by atoms with Gasteiger partial charge in [-0.25, -0.2) is 0 Å². The summed E-state index contributed by atoms with van der Waals surface area (Å²) in [6.45, 7) is 2.01.